The predicted molar refractivity (Wildman–Crippen MR) is 124 cm³/mol. The number of halogens is 1. The lowest BCUT2D eigenvalue weighted by Crippen LogP contribution is -2.37. The Labute approximate surface area is 191 Å². The van der Waals surface area contributed by atoms with Crippen molar-refractivity contribution in [2.24, 2.45) is 0 Å². The average Bonchev–Trinajstić information content (AvgIpc) is 3.08. The van der Waals surface area contributed by atoms with Gasteiger partial charge in [0.05, 0.1) is 19.3 Å². The standard InChI is InChI=1S/C24H28BrN3O3/c1-24(2,3)31-23(29)27-20(14-17-8-6-5-7-9-17)22-26-15-21(25)28(22)16-18-10-12-19(30-4)13-11-18/h5-13,15,20H,14,16H2,1-4H3,(H,27,29). The largest absolute Gasteiger partial charge is 0.497 e. The van der Waals surface area contributed by atoms with E-state index in [4.69, 9.17) is 9.47 Å². The Morgan fingerprint density at radius 3 is 2.39 bits per heavy atom. The van der Waals surface area contributed by atoms with Crippen molar-refractivity contribution in [1.29, 1.82) is 0 Å². The van der Waals surface area contributed by atoms with Crippen LogP contribution in [0.15, 0.2) is 65.4 Å². The van der Waals surface area contributed by atoms with Crippen LogP contribution in [0.4, 0.5) is 4.79 Å². The lowest BCUT2D eigenvalue weighted by Gasteiger charge is -2.24. The molecule has 31 heavy (non-hydrogen) atoms. The van der Waals surface area contributed by atoms with Gasteiger partial charge in [-0.05, 0) is 60.0 Å². The molecule has 1 atom stereocenters. The Balaban J connectivity index is 1.89. The van der Waals surface area contributed by atoms with Crippen molar-refractivity contribution in [3.8, 4) is 5.75 Å². The van der Waals surface area contributed by atoms with Gasteiger partial charge in [0.2, 0.25) is 0 Å². The van der Waals surface area contributed by atoms with Crippen LogP contribution in [-0.2, 0) is 17.7 Å². The number of nitrogens with zero attached hydrogens (tertiary/aromatic N) is 2. The lowest BCUT2D eigenvalue weighted by molar-refractivity contribution is 0.0500. The van der Waals surface area contributed by atoms with E-state index in [-0.39, 0.29) is 6.04 Å². The second-order valence-electron chi connectivity index (χ2n) is 8.26. The number of rotatable bonds is 7. The maximum absolute atomic E-state index is 12.6. The molecule has 0 fully saturated rings. The summed E-state index contributed by atoms with van der Waals surface area (Å²) in [6.07, 6.45) is 1.88. The maximum atomic E-state index is 12.6. The van der Waals surface area contributed by atoms with Crippen molar-refractivity contribution >= 4 is 22.0 Å². The number of carbonyl (C=O) groups excluding carboxylic acids is 1. The van der Waals surface area contributed by atoms with Crippen molar-refractivity contribution in [3.05, 3.63) is 82.3 Å². The van der Waals surface area contributed by atoms with Crippen molar-refractivity contribution < 1.29 is 14.3 Å². The van der Waals surface area contributed by atoms with Crippen LogP contribution in [0.1, 0.15) is 43.8 Å². The van der Waals surface area contributed by atoms with Gasteiger partial charge in [-0.25, -0.2) is 9.78 Å². The highest BCUT2D eigenvalue weighted by molar-refractivity contribution is 9.10. The van der Waals surface area contributed by atoms with Crippen LogP contribution in [0, 0.1) is 0 Å². The molecule has 0 bridgehead atoms. The van der Waals surface area contributed by atoms with Gasteiger partial charge < -0.3 is 19.4 Å². The molecule has 0 saturated carbocycles. The van der Waals surface area contributed by atoms with Gasteiger partial charge in [0.1, 0.15) is 21.8 Å². The number of benzene rings is 2. The first-order valence-electron chi connectivity index (χ1n) is 10.1. The Kier molecular flexibility index (Phi) is 7.38. The number of carbonyl (C=O) groups is 1. The SMILES string of the molecule is COc1ccc(Cn2c(Br)cnc2C(Cc2ccccc2)NC(=O)OC(C)(C)C)cc1. The minimum absolute atomic E-state index is 0.359. The van der Waals surface area contributed by atoms with Gasteiger partial charge in [0.25, 0.3) is 0 Å². The molecule has 164 valence electrons. The number of alkyl carbamates (subject to hydrolysis) is 1. The Morgan fingerprint density at radius 1 is 1.10 bits per heavy atom. The van der Waals surface area contributed by atoms with Crippen LogP contribution in [0.25, 0.3) is 0 Å². The predicted octanol–water partition coefficient (Wildman–Crippen LogP) is 5.51. The molecule has 3 rings (SSSR count). The molecule has 3 aromatic rings. The summed E-state index contributed by atoms with van der Waals surface area (Å²) in [4.78, 5) is 17.2. The van der Waals surface area contributed by atoms with Gasteiger partial charge in [-0.3, -0.25) is 0 Å². The van der Waals surface area contributed by atoms with Gasteiger partial charge in [-0.1, -0.05) is 42.5 Å². The van der Waals surface area contributed by atoms with E-state index in [1.54, 1.807) is 13.3 Å². The molecule has 0 radical (unpaired) electrons. The van der Waals surface area contributed by atoms with Gasteiger partial charge in [-0.15, -0.1) is 0 Å². The molecule has 0 spiro atoms. The third-order valence-corrected chi connectivity index (χ3v) is 5.26. The molecule has 1 aromatic heterocycles. The van der Waals surface area contributed by atoms with Crippen molar-refractivity contribution in [2.45, 2.75) is 45.4 Å². The summed E-state index contributed by atoms with van der Waals surface area (Å²) in [6.45, 7) is 6.14. The smallest absolute Gasteiger partial charge is 0.408 e. The molecule has 1 N–H and O–H groups in total. The van der Waals surface area contributed by atoms with Crippen LogP contribution in [-0.4, -0.2) is 28.4 Å². The van der Waals surface area contributed by atoms with E-state index < -0.39 is 11.7 Å². The quantitative estimate of drug-likeness (QED) is 0.478. The minimum atomic E-state index is -0.583. The normalized spacial score (nSPS) is 12.3. The van der Waals surface area contributed by atoms with E-state index in [1.165, 1.54) is 0 Å². The molecule has 1 heterocycles. The second kappa shape index (κ2) is 10.0. The summed E-state index contributed by atoms with van der Waals surface area (Å²) in [7, 11) is 1.65. The van der Waals surface area contributed by atoms with Gasteiger partial charge in [0.15, 0.2) is 0 Å². The average molecular weight is 486 g/mol. The molecule has 7 heteroatoms. The Hall–Kier alpha value is -2.80. The number of imidazole rings is 1. The molecule has 0 aliphatic rings. The van der Waals surface area contributed by atoms with Gasteiger partial charge >= 0.3 is 6.09 Å². The molecule has 1 amide bonds. The first kappa shape index (κ1) is 22.9. The summed E-state index contributed by atoms with van der Waals surface area (Å²) >= 11 is 3.60. The minimum Gasteiger partial charge on any atom is -0.497 e. The number of hydrogen-bond acceptors (Lipinski definition) is 4. The van der Waals surface area contributed by atoms with E-state index in [2.05, 4.69) is 26.2 Å². The number of methoxy groups -OCH3 is 1. The van der Waals surface area contributed by atoms with E-state index in [1.807, 2.05) is 79.9 Å². The number of aromatic nitrogens is 2. The van der Waals surface area contributed by atoms with E-state index >= 15 is 0 Å². The molecule has 1 unspecified atom stereocenters. The fourth-order valence-corrected chi connectivity index (χ4v) is 3.63. The van der Waals surface area contributed by atoms with Crippen molar-refractivity contribution in [2.75, 3.05) is 7.11 Å². The van der Waals surface area contributed by atoms with Crippen LogP contribution < -0.4 is 10.1 Å². The lowest BCUT2D eigenvalue weighted by atomic mass is 10.1. The number of amides is 1. The highest BCUT2D eigenvalue weighted by Crippen LogP contribution is 2.24. The summed E-state index contributed by atoms with van der Waals surface area (Å²) in [5.74, 6) is 1.56. The molecule has 0 saturated heterocycles. The van der Waals surface area contributed by atoms with E-state index in [0.29, 0.717) is 13.0 Å². The third-order valence-electron chi connectivity index (χ3n) is 4.62. The third kappa shape index (κ3) is 6.59. The highest BCUT2D eigenvalue weighted by atomic mass is 79.9. The zero-order valence-electron chi connectivity index (χ0n) is 18.3. The number of hydrogen-bond donors (Lipinski definition) is 1. The summed E-state index contributed by atoms with van der Waals surface area (Å²) in [6, 6.07) is 17.6. The number of ether oxygens (including phenoxy) is 2. The molecule has 0 aliphatic carbocycles. The monoisotopic (exact) mass is 485 g/mol. The maximum Gasteiger partial charge on any atom is 0.408 e. The molecular formula is C24H28BrN3O3. The Morgan fingerprint density at radius 2 is 1.77 bits per heavy atom. The molecule has 6 nitrogen and oxygen atoms in total. The van der Waals surface area contributed by atoms with Crippen LogP contribution in [0.5, 0.6) is 5.75 Å². The zero-order chi connectivity index (χ0) is 22.4. The van der Waals surface area contributed by atoms with Gasteiger partial charge in [0, 0.05) is 13.0 Å². The fraction of sp³-hybridized carbons (Fsp3) is 0.333. The number of nitrogens with one attached hydrogen (secondary N) is 1. The van der Waals surface area contributed by atoms with Crippen LogP contribution in [0.3, 0.4) is 0 Å². The zero-order valence-corrected chi connectivity index (χ0v) is 19.8. The Bertz CT molecular complexity index is 995. The molecular weight excluding hydrogens is 458 g/mol. The van der Waals surface area contributed by atoms with Crippen molar-refractivity contribution in [1.82, 2.24) is 14.9 Å². The van der Waals surface area contributed by atoms with Crippen LogP contribution in [0.2, 0.25) is 0 Å². The topological polar surface area (TPSA) is 65.4 Å². The molecule has 2 aromatic carbocycles. The fourth-order valence-electron chi connectivity index (χ4n) is 3.22. The van der Waals surface area contributed by atoms with Crippen LogP contribution >= 0.6 is 15.9 Å². The first-order chi connectivity index (χ1) is 14.7. The van der Waals surface area contributed by atoms with Gasteiger partial charge in [-0.2, -0.15) is 0 Å². The van der Waals surface area contributed by atoms with Crippen molar-refractivity contribution in [3.63, 3.8) is 0 Å². The summed E-state index contributed by atoms with van der Waals surface area (Å²) in [5, 5.41) is 3.01. The van der Waals surface area contributed by atoms with E-state index in [9.17, 15) is 4.79 Å². The summed E-state index contributed by atoms with van der Waals surface area (Å²) < 4.78 is 13.6. The first-order valence-corrected chi connectivity index (χ1v) is 10.9. The highest BCUT2D eigenvalue weighted by Gasteiger charge is 2.25. The second-order valence-corrected chi connectivity index (χ2v) is 9.07. The summed E-state index contributed by atoms with van der Waals surface area (Å²) in [5.41, 5.74) is 1.61. The van der Waals surface area contributed by atoms with E-state index in [0.717, 1.165) is 27.3 Å². The molecule has 0 aliphatic heterocycles.